The second-order valence-corrected chi connectivity index (χ2v) is 8.47. The summed E-state index contributed by atoms with van der Waals surface area (Å²) in [6.07, 6.45) is 0. The number of nitrogens with zero attached hydrogens (tertiary/aromatic N) is 6. The van der Waals surface area contributed by atoms with E-state index in [4.69, 9.17) is 24.5 Å². The van der Waals surface area contributed by atoms with Gasteiger partial charge in [0.15, 0.2) is 5.82 Å². The van der Waals surface area contributed by atoms with Crippen LogP contribution in [0.1, 0.15) is 30.8 Å². The monoisotopic (exact) mass is 454 g/mol. The second-order valence-electron chi connectivity index (χ2n) is 8.47. The Hall–Kier alpha value is -2.82. The molecule has 0 unspecified atom stereocenters. The molecule has 1 atom stereocenters. The molecule has 1 aliphatic rings. The zero-order chi connectivity index (χ0) is 23.4. The average Bonchev–Trinajstić information content (AvgIpc) is 3.11. The number of pyridine rings is 1. The van der Waals surface area contributed by atoms with Gasteiger partial charge in [0.1, 0.15) is 22.5 Å². The van der Waals surface area contributed by atoms with E-state index in [1.165, 1.54) is 0 Å². The van der Waals surface area contributed by atoms with E-state index in [2.05, 4.69) is 40.4 Å². The third-order valence-electron chi connectivity index (χ3n) is 5.57. The highest BCUT2D eigenvalue weighted by molar-refractivity contribution is 5.90. The predicted octanol–water partition coefficient (Wildman–Crippen LogP) is 2.56. The summed E-state index contributed by atoms with van der Waals surface area (Å²) in [5.41, 5.74) is 4.48. The second kappa shape index (κ2) is 10.4. The van der Waals surface area contributed by atoms with Crippen molar-refractivity contribution < 1.29 is 9.47 Å². The van der Waals surface area contributed by atoms with Crippen LogP contribution in [0.2, 0.25) is 0 Å². The van der Waals surface area contributed by atoms with E-state index in [1.807, 2.05) is 24.6 Å². The number of anilines is 3. The van der Waals surface area contributed by atoms with Crippen molar-refractivity contribution >= 4 is 28.6 Å². The van der Waals surface area contributed by atoms with Gasteiger partial charge in [-0.15, -0.1) is 0 Å². The lowest BCUT2D eigenvalue weighted by molar-refractivity contribution is 0.136. The number of methoxy groups -OCH3 is 1. The van der Waals surface area contributed by atoms with Gasteiger partial charge in [-0.05, 0) is 45.4 Å². The highest BCUT2D eigenvalue weighted by Crippen LogP contribution is 2.29. The van der Waals surface area contributed by atoms with E-state index in [1.54, 1.807) is 7.11 Å². The van der Waals surface area contributed by atoms with Crippen molar-refractivity contribution in [2.45, 2.75) is 46.9 Å². The van der Waals surface area contributed by atoms with Gasteiger partial charge >= 0.3 is 0 Å². The van der Waals surface area contributed by atoms with Crippen molar-refractivity contribution in [1.82, 2.24) is 30.0 Å². The van der Waals surface area contributed by atoms with Gasteiger partial charge in [0.05, 0.1) is 19.8 Å². The van der Waals surface area contributed by atoms with Gasteiger partial charge < -0.3 is 25.0 Å². The Bertz CT molecular complexity index is 1080. The molecule has 1 fully saturated rings. The van der Waals surface area contributed by atoms with Crippen LogP contribution in [-0.2, 0) is 22.6 Å². The third-order valence-corrected chi connectivity index (χ3v) is 5.57. The highest BCUT2D eigenvalue weighted by Gasteiger charge is 2.24. The molecule has 10 heteroatoms. The van der Waals surface area contributed by atoms with E-state index >= 15 is 0 Å². The van der Waals surface area contributed by atoms with Crippen LogP contribution in [0.15, 0.2) is 12.1 Å². The summed E-state index contributed by atoms with van der Waals surface area (Å²) < 4.78 is 12.9. The SMILES string of the molecule is CCOCCn1nc(COC)c2nc(N3CCN[C@H](C)C3)nc(Nc3cc(C)cc(C)n3)c21. The molecule has 1 saturated heterocycles. The number of hydrogen-bond acceptors (Lipinski definition) is 9. The highest BCUT2D eigenvalue weighted by atomic mass is 16.5. The first-order valence-electron chi connectivity index (χ1n) is 11.5. The van der Waals surface area contributed by atoms with Crippen LogP contribution >= 0.6 is 0 Å². The molecule has 0 bridgehead atoms. The fourth-order valence-corrected chi connectivity index (χ4v) is 4.19. The van der Waals surface area contributed by atoms with Crippen molar-refractivity contribution in [3.05, 3.63) is 29.1 Å². The number of hydrogen-bond donors (Lipinski definition) is 2. The van der Waals surface area contributed by atoms with Gasteiger partial charge in [-0.3, -0.25) is 4.68 Å². The fourth-order valence-electron chi connectivity index (χ4n) is 4.19. The van der Waals surface area contributed by atoms with Gasteiger partial charge in [-0.2, -0.15) is 10.1 Å². The van der Waals surface area contributed by atoms with Crippen LogP contribution in [0.5, 0.6) is 0 Å². The third kappa shape index (κ3) is 5.40. The Balaban J connectivity index is 1.84. The Morgan fingerprint density at radius 3 is 2.79 bits per heavy atom. The molecule has 2 N–H and O–H groups in total. The summed E-state index contributed by atoms with van der Waals surface area (Å²) in [6.45, 7) is 13.0. The number of rotatable bonds is 9. The number of nitrogens with one attached hydrogen (secondary N) is 2. The maximum absolute atomic E-state index is 5.60. The van der Waals surface area contributed by atoms with Crippen LogP contribution in [0.3, 0.4) is 0 Å². The summed E-state index contributed by atoms with van der Waals surface area (Å²) in [5, 5.41) is 11.7. The average molecular weight is 455 g/mol. The van der Waals surface area contributed by atoms with Gasteiger partial charge in [0.2, 0.25) is 5.95 Å². The smallest absolute Gasteiger partial charge is 0.228 e. The fraction of sp³-hybridized carbons (Fsp3) is 0.565. The minimum atomic E-state index is 0.364. The summed E-state index contributed by atoms with van der Waals surface area (Å²) in [4.78, 5) is 16.8. The van der Waals surface area contributed by atoms with Crippen LogP contribution in [0.4, 0.5) is 17.6 Å². The molecule has 178 valence electrons. The Kier molecular flexibility index (Phi) is 7.36. The van der Waals surface area contributed by atoms with Crippen LogP contribution in [0.25, 0.3) is 11.0 Å². The molecule has 33 heavy (non-hydrogen) atoms. The van der Waals surface area contributed by atoms with Gasteiger partial charge in [0.25, 0.3) is 0 Å². The van der Waals surface area contributed by atoms with E-state index in [9.17, 15) is 0 Å². The molecule has 0 saturated carbocycles. The summed E-state index contributed by atoms with van der Waals surface area (Å²) in [6, 6.07) is 4.44. The molecule has 4 rings (SSSR count). The Labute approximate surface area is 194 Å². The maximum Gasteiger partial charge on any atom is 0.228 e. The number of piperazine rings is 1. The lowest BCUT2D eigenvalue weighted by Gasteiger charge is -2.32. The molecule has 0 aliphatic carbocycles. The lowest BCUT2D eigenvalue weighted by atomic mass is 10.2. The molecule has 0 spiro atoms. The lowest BCUT2D eigenvalue weighted by Crippen LogP contribution is -2.49. The molecular formula is C23H34N8O2. The topological polar surface area (TPSA) is 102 Å². The molecule has 0 amide bonds. The zero-order valence-corrected chi connectivity index (χ0v) is 20.2. The molecule has 3 aromatic heterocycles. The molecule has 0 radical (unpaired) electrons. The van der Waals surface area contributed by atoms with Crippen molar-refractivity contribution in [3.63, 3.8) is 0 Å². The van der Waals surface area contributed by atoms with E-state index < -0.39 is 0 Å². The van der Waals surface area contributed by atoms with Crippen LogP contribution in [-0.4, -0.2) is 70.7 Å². The summed E-state index contributed by atoms with van der Waals surface area (Å²) in [5.74, 6) is 2.12. The van der Waals surface area contributed by atoms with Gasteiger partial charge in [0, 0.05) is 45.1 Å². The first kappa shape index (κ1) is 23.3. The van der Waals surface area contributed by atoms with E-state index in [-0.39, 0.29) is 0 Å². The molecule has 10 nitrogen and oxygen atoms in total. The Morgan fingerprint density at radius 1 is 1.21 bits per heavy atom. The number of fused-ring (bicyclic) bond motifs is 1. The van der Waals surface area contributed by atoms with E-state index in [0.717, 1.165) is 53.4 Å². The summed E-state index contributed by atoms with van der Waals surface area (Å²) >= 11 is 0. The number of aryl methyl sites for hydroxylation is 2. The minimum absolute atomic E-state index is 0.364. The first-order chi connectivity index (χ1) is 16.0. The molecule has 4 heterocycles. The quantitative estimate of drug-likeness (QED) is 0.472. The van der Waals surface area contributed by atoms with Crippen molar-refractivity contribution in [3.8, 4) is 0 Å². The predicted molar refractivity (Wildman–Crippen MR) is 129 cm³/mol. The molecule has 3 aromatic rings. The van der Waals surface area contributed by atoms with Gasteiger partial charge in [-0.25, -0.2) is 9.97 Å². The summed E-state index contributed by atoms with van der Waals surface area (Å²) in [7, 11) is 1.67. The van der Waals surface area contributed by atoms with Gasteiger partial charge in [-0.1, -0.05) is 0 Å². The molecule has 0 aromatic carbocycles. The minimum Gasteiger partial charge on any atom is -0.380 e. The maximum atomic E-state index is 5.60. The van der Waals surface area contributed by atoms with Crippen molar-refractivity contribution in [2.24, 2.45) is 0 Å². The van der Waals surface area contributed by atoms with Crippen LogP contribution < -0.4 is 15.5 Å². The number of ether oxygens (including phenoxy) is 2. The molecule has 1 aliphatic heterocycles. The molecular weight excluding hydrogens is 420 g/mol. The Morgan fingerprint density at radius 2 is 2.06 bits per heavy atom. The van der Waals surface area contributed by atoms with E-state index in [0.29, 0.717) is 44.2 Å². The van der Waals surface area contributed by atoms with Crippen LogP contribution in [0, 0.1) is 13.8 Å². The standard InChI is InChI=1S/C23H34N8O2/c1-6-33-10-9-31-21-20(18(29-31)14-32-5)27-23(30-8-7-24-17(4)13-30)28-22(21)26-19-12-15(2)11-16(3)25-19/h11-12,17,24H,6-10,13-14H2,1-5H3,(H,25,26,27,28)/t17-/m1/s1. The first-order valence-corrected chi connectivity index (χ1v) is 11.5. The zero-order valence-electron chi connectivity index (χ0n) is 20.2. The normalized spacial score (nSPS) is 16.5. The number of aromatic nitrogens is 5. The van der Waals surface area contributed by atoms with Crippen molar-refractivity contribution in [2.75, 3.05) is 50.2 Å². The van der Waals surface area contributed by atoms with Crippen molar-refractivity contribution in [1.29, 1.82) is 0 Å². The largest absolute Gasteiger partial charge is 0.380 e.